The number of aliphatic imine (C=N–C) groups is 1. The fraction of sp³-hybridized carbons (Fsp3) is 0.682. The molecule has 1 atom stereocenters. The minimum atomic E-state index is 0.473. The Bertz CT molecular complexity index is 638. The van der Waals surface area contributed by atoms with Gasteiger partial charge in [-0.3, -0.25) is 9.89 Å². The van der Waals surface area contributed by atoms with Gasteiger partial charge in [0.05, 0.1) is 20.3 Å². The van der Waals surface area contributed by atoms with Gasteiger partial charge in [0, 0.05) is 38.8 Å². The molecule has 2 rings (SSSR count). The average Bonchev–Trinajstić information content (AvgIpc) is 2.72. The van der Waals surface area contributed by atoms with Crippen molar-refractivity contribution in [2.45, 2.75) is 32.7 Å². The van der Waals surface area contributed by atoms with Gasteiger partial charge < -0.3 is 25.0 Å². The number of aryl methyl sites for hydroxylation is 1. The zero-order chi connectivity index (χ0) is 21.1. The molecule has 0 aromatic heterocycles. The summed E-state index contributed by atoms with van der Waals surface area (Å²) < 4.78 is 11.0. The molecule has 1 fully saturated rings. The van der Waals surface area contributed by atoms with Crippen molar-refractivity contribution >= 4 is 5.96 Å². The van der Waals surface area contributed by atoms with E-state index in [1.807, 2.05) is 13.0 Å². The normalized spacial score (nSPS) is 18.5. The number of methoxy groups -OCH3 is 1. The van der Waals surface area contributed by atoms with E-state index in [9.17, 15) is 0 Å². The highest BCUT2D eigenvalue weighted by atomic mass is 16.5. The number of hydrogen-bond donors (Lipinski definition) is 2. The fourth-order valence-corrected chi connectivity index (χ4v) is 3.48. The first kappa shape index (κ1) is 23.3. The molecule has 7 heteroatoms. The van der Waals surface area contributed by atoms with E-state index in [-0.39, 0.29) is 0 Å². The summed E-state index contributed by atoms with van der Waals surface area (Å²) in [5.74, 6) is 2.50. The van der Waals surface area contributed by atoms with Gasteiger partial charge in [-0.05, 0) is 58.5 Å². The van der Waals surface area contributed by atoms with Crippen LogP contribution in [0.15, 0.2) is 23.2 Å². The molecule has 29 heavy (non-hydrogen) atoms. The van der Waals surface area contributed by atoms with Gasteiger partial charge in [-0.1, -0.05) is 6.07 Å². The Hall–Kier alpha value is -1.99. The van der Waals surface area contributed by atoms with E-state index in [2.05, 4.69) is 53.6 Å². The summed E-state index contributed by atoms with van der Waals surface area (Å²) >= 11 is 0. The largest absolute Gasteiger partial charge is 0.493 e. The quantitative estimate of drug-likeness (QED) is 0.352. The average molecular weight is 406 g/mol. The molecule has 0 radical (unpaired) electrons. The molecular formula is C22H39N5O2. The van der Waals surface area contributed by atoms with E-state index in [0.29, 0.717) is 12.6 Å². The van der Waals surface area contributed by atoms with Crippen molar-refractivity contribution in [3.63, 3.8) is 0 Å². The predicted octanol–water partition coefficient (Wildman–Crippen LogP) is 1.83. The maximum Gasteiger partial charge on any atom is 0.191 e. The van der Waals surface area contributed by atoms with Crippen LogP contribution in [-0.4, -0.2) is 88.9 Å². The highest BCUT2D eigenvalue weighted by molar-refractivity contribution is 5.79. The number of rotatable bonds is 10. The second-order valence-electron chi connectivity index (χ2n) is 7.56. The van der Waals surface area contributed by atoms with Crippen LogP contribution in [0, 0.1) is 0 Å². The van der Waals surface area contributed by atoms with Crippen LogP contribution < -0.4 is 20.1 Å². The van der Waals surface area contributed by atoms with E-state index in [0.717, 1.165) is 69.6 Å². The van der Waals surface area contributed by atoms with Gasteiger partial charge in [-0.2, -0.15) is 0 Å². The fourth-order valence-electron chi connectivity index (χ4n) is 3.48. The molecular weight excluding hydrogens is 366 g/mol. The van der Waals surface area contributed by atoms with E-state index in [4.69, 9.17) is 14.5 Å². The molecule has 164 valence electrons. The predicted molar refractivity (Wildman–Crippen MR) is 120 cm³/mol. The smallest absolute Gasteiger partial charge is 0.191 e. The van der Waals surface area contributed by atoms with Crippen molar-refractivity contribution in [3.05, 3.63) is 23.8 Å². The molecule has 1 aromatic carbocycles. The molecule has 2 N–H and O–H groups in total. The topological polar surface area (TPSA) is 61.4 Å². The lowest BCUT2D eigenvalue weighted by molar-refractivity contribution is 0.119. The third-order valence-corrected chi connectivity index (χ3v) is 5.25. The van der Waals surface area contributed by atoms with Crippen molar-refractivity contribution in [2.75, 3.05) is 67.1 Å². The van der Waals surface area contributed by atoms with Crippen molar-refractivity contribution in [2.24, 2.45) is 4.99 Å². The number of guanidine groups is 1. The highest BCUT2D eigenvalue weighted by Crippen LogP contribution is 2.28. The van der Waals surface area contributed by atoms with E-state index in [1.165, 1.54) is 5.56 Å². The lowest BCUT2D eigenvalue weighted by Crippen LogP contribution is -2.51. The van der Waals surface area contributed by atoms with Crippen LogP contribution in [0.25, 0.3) is 0 Å². The number of nitrogens with zero attached hydrogens (tertiary/aromatic N) is 3. The summed E-state index contributed by atoms with van der Waals surface area (Å²) in [6.45, 7) is 10.6. The number of piperazine rings is 1. The Morgan fingerprint density at radius 1 is 1.17 bits per heavy atom. The lowest BCUT2D eigenvalue weighted by Gasteiger charge is -2.36. The van der Waals surface area contributed by atoms with Gasteiger partial charge in [-0.25, -0.2) is 0 Å². The number of nitrogens with one attached hydrogen (secondary N) is 2. The van der Waals surface area contributed by atoms with Crippen LogP contribution in [0.4, 0.5) is 0 Å². The maximum absolute atomic E-state index is 5.67. The zero-order valence-corrected chi connectivity index (χ0v) is 18.8. The Balaban J connectivity index is 1.82. The summed E-state index contributed by atoms with van der Waals surface area (Å²) in [5.41, 5.74) is 1.25. The maximum atomic E-state index is 5.67. The molecule has 1 saturated heterocycles. The van der Waals surface area contributed by atoms with Crippen molar-refractivity contribution in [3.8, 4) is 11.5 Å². The van der Waals surface area contributed by atoms with Crippen molar-refractivity contribution < 1.29 is 9.47 Å². The molecule has 1 aromatic rings. The monoisotopic (exact) mass is 405 g/mol. The first-order chi connectivity index (χ1) is 14.1. The highest BCUT2D eigenvalue weighted by Gasteiger charge is 2.21. The molecule has 0 saturated carbocycles. The van der Waals surface area contributed by atoms with Gasteiger partial charge >= 0.3 is 0 Å². The van der Waals surface area contributed by atoms with Gasteiger partial charge in [0.2, 0.25) is 0 Å². The van der Waals surface area contributed by atoms with Crippen LogP contribution >= 0.6 is 0 Å². The summed E-state index contributed by atoms with van der Waals surface area (Å²) in [5, 5.41) is 6.83. The van der Waals surface area contributed by atoms with E-state index >= 15 is 0 Å². The second kappa shape index (κ2) is 12.5. The third kappa shape index (κ3) is 7.74. The van der Waals surface area contributed by atoms with Crippen LogP contribution in [0.2, 0.25) is 0 Å². The van der Waals surface area contributed by atoms with E-state index in [1.54, 1.807) is 7.11 Å². The molecule has 1 unspecified atom stereocenters. The third-order valence-electron chi connectivity index (χ3n) is 5.25. The summed E-state index contributed by atoms with van der Waals surface area (Å²) in [6, 6.07) is 6.64. The van der Waals surface area contributed by atoms with E-state index < -0.39 is 0 Å². The number of hydrogen-bond acceptors (Lipinski definition) is 5. The first-order valence-corrected chi connectivity index (χ1v) is 10.8. The minimum absolute atomic E-state index is 0.473. The SMILES string of the molecule is CCNC(=NCC1CN(C)CCN1C)NCCCc1ccc(OC)c(OCC)c1. The molecule has 1 heterocycles. The van der Waals surface area contributed by atoms with Crippen LogP contribution in [0.1, 0.15) is 25.8 Å². The second-order valence-corrected chi connectivity index (χ2v) is 7.56. The standard InChI is InChI=1S/C22H39N5O2/c1-6-23-22(25-16-19-17-26(3)13-14-27(19)4)24-12-8-9-18-10-11-20(28-5)21(15-18)29-7-2/h10-11,15,19H,6-9,12-14,16-17H2,1-5H3,(H2,23,24,25). The minimum Gasteiger partial charge on any atom is -0.493 e. The molecule has 0 amide bonds. The summed E-state index contributed by atoms with van der Waals surface area (Å²) in [4.78, 5) is 9.61. The molecule has 0 bridgehead atoms. The Kier molecular flexibility index (Phi) is 10.1. The number of benzene rings is 1. The Morgan fingerprint density at radius 2 is 2.00 bits per heavy atom. The van der Waals surface area contributed by atoms with Crippen LogP contribution in [0.5, 0.6) is 11.5 Å². The van der Waals surface area contributed by atoms with Gasteiger partial charge in [0.15, 0.2) is 17.5 Å². The Morgan fingerprint density at radius 3 is 2.72 bits per heavy atom. The zero-order valence-electron chi connectivity index (χ0n) is 18.8. The van der Waals surface area contributed by atoms with Gasteiger partial charge in [0.1, 0.15) is 0 Å². The van der Waals surface area contributed by atoms with Crippen molar-refractivity contribution in [1.29, 1.82) is 0 Å². The summed E-state index contributed by atoms with van der Waals surface area (Å²) in [6.07, 6.45) is 2.00. The summed E-state index contributed by atoms with van der Waals surface area (Å²) in [7, 11) is 6.05. The first-order valence-electron chi connectivity index (χ1n) is 10.8. The van der Waals surface area contributed by atoms with Gasteiger partial charge in [0.25, 0.3) is 0 Å². The molecule has 1 aliphatic rings. The molecule has 0 spiro atoms. The molecule has 7 nitrogen and oxygen atoms in total. The lowest BCUT2D eigenvalue weighted by atomic mass is 10.1. The van der Waals surface area contributed by atoms with Crippen molar-refractivity contribution in [1.82, 2.24) is 20.4 Å². The van der Waals surface area contributed by atoms with Crippen LogP contribution in [-0.2, 0) is 6.42 Å². The number of likely N-dealkylation sites (N-methyl/N-ethyl adjacent to an activating group) is 2. The van der Waals surface area contributed by atoms with Gasteiger partial charge in [-0.15, -0.1) is 0 Å². The molecule has 1 aliphatic heterocycles. The Labute approximate surface area is 176 Å². The van der Waals surface area contributed by atoms with Crippen LogP contribution in [0.3, 0.4) is 0 Å². The number of ether oxygens (including phenoxy) is 2. The molecule has 0 aliphatic carbocycles.